The van der Waals surface area contributed by atoms with Crippen molar-refractivity contribution in [1.29, 1.82) is 0 Å². The molecule has 0 radical (unpaired) electrons. The highest BCUT2D eigenvalue weighted by atomic mass is 35.5. The van der Waals surface area contributed by atoms with Crippen molar-refractivity contribution in [3.8, 4) is 0 Å². The van der Waals surface area contributed by atoms with E-state index in [4.69, 9.17) is 16.0 Å². The van der Waals surface area contributed by atoms with Gasteiger partial charge in [-0.1, -0.05) is 23.7 Å². The second kappa shape index (κ2) is 5.31. The highest BCUT2D eigenvalue weighted by Gasteiger charge is 2.12. The normalized spacial score (nSPS) is 17.4. The number of furan rings is 1. The summed E-state index contributed by atoms with van der Waals surface area (Å²) in [6, 6.07) is 5.93. The van der Waals surface area contributed by atoms with Crippen LogP contribution in [-0.4, -0.2) is 37.6 Å². The maximum Gasteiger partial charge on any atom is 0.152 e. The number of fused-ring (bicyclic) bond motifs is 1. The third kappa shape index (κ3) is 2.39. The second-order valence-electron chi connectivity index (χ2n) is 4.72. The smallest absolute Gasteiger partial charge is 0.152 e. The molecular formula is C14H17ClN2O. The molecule has 0 unspecified atom stereocenters. The van der Waals surface area contributed by atoms with E-state index in [0.29, 0.717) is 5.02 Å². The largest absolute Gasteiger partial charge is 0.462 e. The SMILES string of the molecule is Clc1cccc2c(CCN3CCNCC3)coc12. The molecule has 3 rings (SSSR count). The minimum Gasteiger partial charge on any atom is -0.462 e. The van der Waals surface area contributed by atoms with Crippen LogP contribution in [-0.2, 0) is 6.42 Å². The fourth-order valence-electron chi connectivity index (χ4n) is 2.48. The van der Waals surface area contributed by atoms with E-state index < -0.39 is 0 Å². The molecule has 3 nitrogen and oxygen atoms in total. The van der Waals surface area contributed by atoms with Gasteiger partial charge < -0.3 is 14.6 Å². The molecule has 2 heterocycles. The third-order valence-electron chi connectivity index (χ3n) is 3.54. The van der Waals surface area contributed by atoms with Crippen molar-refractivity contribution in [1.82, 2.24) is 10.2 Å². The molecule has 0 spiro atoms. The van der Waals surface area contributed by atoms with Gasteiger partial charge in [0.1, 0.15) is 0 Å². The van der Waals surface area contributed by atoms with Crippen LogP contribution in [0.1, 0.15) is 5.56 Å². The lowest BCUT2D eigenvalue weighted by atomic mass is 10.1. The van der Waals surface area contributed by atoms with Crippen molar-refractivity contribution < 1.29 is 4.42 Å². The van der Waals surface area contributed by atoms with Crippen LogP contribution in [0.3, 0.4) is 0 Å². The molecule has 1 aliphatic rings. The summed E-state index contributed by atoms with van der Waals surface area (Å²) in [5.74, 6) is 0. The lowest BCUT2D eigenvalue weighted by Gasteiger charge is -2.26. The highest BCUT2D eigenvalue weighted by molar-refractivity contribution is 6.34. The first-order valence-corrected chi connectivity index (χ1v) is 6.80. The number of hydrogen-bond acceptors (Lipinski definition) is 3. The molecule has 96 valence electrons. The summed E-state index contributed by atoms with van der Waals surface area (Å²) in [6.07, 6.45) is 2.87. The van der Waals surface area contributed by atoms with E-state index in [-0.39, 0.29) is 0 Å². The Balaban J connectivity index is 1.72. The molecule has 4 heteroatoms. The van der Waals surface area contributed by atoms with Crippen LogP contribution >= 0.6 is 11.6 Å². The van der Waals surface area contributed by atoms with Crippen LogP contribution in [0, 0.1) is 0 Å². The Hall–Kier alpha value is -1.03. The van der Waals surface area contributed by atoms with E-state index in [1.54, 1.807) is 0 Å². The van der Waals surface area contributed by atoms with Crippen LogP contribution in [0.2, 0.25) is 5.02 Å². The Morgan fingerprint density at radius 2 is 2.11 bits per heavy atom. The number of hydrogen-bond donors (Lipinski definition) is 1. The number of nitrogens with one attached hydrogen (secondary N) is 1. The van der Waals surface area contributed by atoms with Crippen molar-refractivity contribution in [2.45, 2.75) is 6.42 Å². The maximum absolute atomic E-state index is 6.11. The van der Waals surface area contributed by atoms with Gasteiger partial charge in [-0.25, -0.2) is 0 Å². The van der Waals surface area contributed by atoms with E-state index in [1.165, 1.54) is 5.56 Å². The fraction of sp³-hybridized carbons (Fsp3) is 0.429. The Kier molecular flexibility index (Phi) is 3.55. The van der Waals surface area contributed by atoms with Gasteiger partial charge in [-0.3, -0.25) is 0 Å². The van der Waals surface area contributed by atoms with E-state index >= 15 is 0 Å². The first-order chi connectivity index (χ1) is 8.84. The van der Waals surface area contributed by atoms with E-state index in [2.05, 4.69) is 16.3 Å². The average Bonchev–Trinajstić information content (AvgIpc) is 2.82. The maximum atomic E-state index is 6.11. The van der Waals surface area contributed by atoms with Gasteiger partial charge in [0.25, 0.3) is 0 Å². The van der Waals surface area contributed by atoms with Crippen molar-refractivity contribution in [3.63, 3.8) is 0 Å². The van der Waals surface area contributed by atoms with Gasteiger partial charge in [-0.2, -0.15) is 0 Å². The standard InChI is InChI=1S/C14H17ClN2O/c15-13-3-1-2-12-11(10-18-14(12)13)4-7-17-8-5-16-6-9-17/h1-3,10,16H,4-9H2. The minimum absolute atomic E-state index is 0.695. The van der Waals surface area contributed by atoms with Crippen molar-refractivity contribution in [2.75, 3.05) is 32.7 Å². The lowest BCUT2D eigenvalue weighted by Crippen LogP contribution is -2.44. The first kappa shape index (κ1) is 12.0. The molecule has 0 saturated carbocycles. The zero-order valence-corrected chi connectivity index (χ0v) is 11.0. The Morgan fingerprint density at radius 1 is 1.28 bits per heavy atom. The summed E-state index contributed by atoms with van der Waals surface area (Å²) in [4.78, 5) is 2.49. The van der Waals surface area contributed by atoms with Gasteiger partial charge in [0, 0.05) is 38.1 Å². The van der Waals surface area contributed by atoms with E-state index in [1.807, 2.05) is 18.4 Å². The molecule has 0 aliphatic carbocycles. The van der Waals surface area contributed by atoms with Gasteiger partial charge in [0.05, 0.1) is 11.3 Å². The molecule has 0 bridgehead atoms. The molecule has 1 aromatic heterocycles. The molecule has 1 saturated heterocycles. The summed E-state index contributed by atoms with van der Waals surface area (Å²) in [5.41, 5.74) is 2.07. The van der Waals surface area contributed by atoms with Crippen LogP contribution < -0.4 is 5.32 Å². The molecule has 0 atom stereocenters. The summed E-state index contributed by atoms with van der Waals surface area (Å²) in [7, 11) is 0. The molecule has 2 aromatic rings. The molecule has 1 fully saturated rings. The molecule has 0 amide bonds. The number of piperazine rings is 1. The molecular weight excluding hydrogens is 248 g/mol. The zero-order valence-electron chi connectivity index (χ0n) is 10.3. The van der Waals surface area contributed by atoms with Gasteiger partial charge in [-0.15, -0.1) is 0 Å². The molecule has 1 aliphatic heterocycles. The monoisotopic (exact) mass is 264 g/mol. The van der Waals surface area contributed by atoms with Gasteiger partial charge >= 0.3 is 0 Å². The number of para-hydroxylation sites is 1. The quantitative estimate of drug-likeness (QED) is 0.924. The Bertz CT molecular complexity index is 532. The number of rotatable bonds is 3. The van der Waals surface area contributed by atoms with Gasteiger partial charge in [0.2, 0.25) is 0 Å². The van der Waals surface area contributed by atoms with Crippen molar-refractivity contribution in [3.05, 3.63) is 35.0 Å². The Labute approximate surface area is 112 Å². The highest BCUT2D eigenvalue weighted by Crippen LogP contribution is 2.28. The number of halogens is 1. The zero-order chi connectivity index (χ0) is 12.4. The minimum atomic E-state index is 0.695. The van der Waals surface area contributed by atoms with Gasteiger partial charge in [0.15, 0.2) is 5.58 Å². The summed E-state index contributed by atoms with van der Waals surface area (Å²) in [5, 5.41) is 5.21. The second-order valence-corrected chi connectivity index (χ2v) is 5.13. The van der Waals surface area contributed by atoms with Crippen LogP contribution in [0.25, 0.3) is 11.0 Å². The summed E-state index contributed by atoms with van der Waals surface area (Å²) >= 11 is 6.11. The number of nitrogens with zero attached hydrogens (tertiary/aromatic N) is 1. The van der Waals surface area contributed by atoms with Crippen LogP contribution in [0.15, 0.2) is 28.9 Å². The van der Waals surface area contributed by atoms with E-state index in [0.717, 1.165) is 50.1 Å². The predicted molar refractivity (Wildman–Crippen MR) is 74.2 cm³/mol. The molecule has 1 aromatic carbocycles. The Morgan fingerprint density at radius 3 is 2.94 bits per heavy atom. The van der Waals surface area contributed by atoms with Gasteiger partial charge in [-0.05, 0) is 18.1 Å². The van der Waals surface area contributed by atoms with Crippen molar-refractivity contribution >= 4 is 22.6 Å². The fourth-order valence-corrected chi connectivity index (χ4v) is 2.70. The topological polar surface area (TPSA) is 28.4 Å². The van der Waals surface area contributed by atoms with Crippen molar-refractivity contribution in [2.24, 2.45) is 0 Å². The average molecular weight is 265 g/mol. The summed E-state index contributed by atoms with van der Waals surface area (Å²) in [6.45, 7) is 5.55. The number of benzene rings is 1. The molecule has 1 N–H and O–H groups in total. The van der Waals surface area contributed by atoms with E-state index in [9.17, 15) is 0 Å². The van der Waals surface area contributed by atoms with Crippen LogP contribution in [0.5, 0.6) is 0 Å². The predicted octanol–water partition coefficient (Wildman–Crippen LogP) is 2.53. The lowest BCUT2D eigenvalue weighted by molar-refractivity contribution is 0.244. The first-order valence-electron chi connectivity index (χ1n) is 6.42. The van der Waals surface area contributed by atoms with Crippen LogP contribution in [0.4, 0.5) is 0 Å². The third-order valence-corrected chi connectivity index (χ3v) is 3.84. The molecule has 18 heavy (non-hydrogen) atoms. The summed E-state index contributed by atoms with van der Waals surface area (Å²) < 4.78 is 5.56.